The summed E-state index contributed by atoms with van der Waals surface area (Å²) in [5.74, 6) is 0.978. The first kappa shape index (κ1) is 26.9. The fourth-order valence-electron chi connectivity index (χ4n) is 3.74. The first-order chi connectivity index (χ1) is 19.3. The lowest BCUT2D eigenvalue weighted by molar-refractivity contribution is 0.340. The van der Waals surface area contributed by atoms with E-state index in [0.29, 0.717) is 35.8 Å². The van der Waals surface area contributed by atoms with Gasteiger partial charge in [-0.25, -0.2) is 0 Å². The Morgan fingerprint density at radius 2 is 0.925 bits per heavy atom. The predicted octanol–water partition coefficient (Wildman–Crippen LogP) is 2.26. The predicted molar refractivity (Wildman–Crippen MR) is 140 cm³/mol. The van der Waals surface area contributed by atoms with Gasteiger partial charge >= 0.3 is 0 Å². The van der Waals surface area contributed by atoms with Crippen molar-refractivity contribution < 1.29 is 26.3 Å². The Balaban J connectivity index is 1.44. The van der Waals surface area contributed by atoms with E-state index in [4.69, 9.17) is 9.47 Å². The van der Waals surface area contributed by atoms with Gasteiger partial charge in [0.15, 0.2) is 11.6 Å². The number of aromatic nitrogens is 8. The van der Waals surface area contributed by atoms with Crippen molar-refractivity contribution in [1.82, 2.24) is 39.2 Å². The molecule has 0 atom stereocenters. The number of nitrogens with zero attached hydrogens (tertiary/aromatic N) is 8. The number of hydrogen-bond donors (Lipinski definition) is 0. The van der Waals surface area contributed by atoms with Crippen LogP contribution < -0.4 is 9.47 Å². The summed E-state index contributed by atoms with van der Waals surface area (Å²) in [6.07, 6.45) is 0. The second kappa shape index (κ2) is 10.8. The van der Waals surface area contributed by atoms with E-state index in [2.05, 4.69) is 31.1 Å². The molecule has 5 aromatic rings. The van der Waals surface area contributed by atoms with Gasteiger partial charge in [-0.1, -0.05) is 24.3 Å². The SMILES string of the molecule is CCOc1ccc(S(=O)(=O)n2nnnc2-c2ccc(-c3nnnn3S(=O)(=O)c3ccc(OCC)cc3)cc2)cc1. The molecule has 0 saturated carbocycles. The Kier molecular flexibility index (Phi) is 7.27. The molecule has 0 aliphatic heterocycles. The second-order valence-corrected chi connectivity index (χ2v) is 11.6. The maximum atomic E-state index is 13.2. The smallest absolute Gasteiger partial charge is 0.286 e. The lowest BCUT2D eigenvalue weighted by atomic mass is 10.1. The summed E-state index contributed by atoms with van der Waals surface area (Å²) >= 11 is 0. The van der Waals surface area contributed by atoms with Gasteiger partial charge < -0.3 is 9.47 Å². The van der Waals surface area contributed by atoms with E-state index in [-0.39, 0.29) is 21.4 Å². The summed E-state index contributed by atoms with van der Waals surface area (Å²) in [7, 11) is -8.25. The van der Waals surface area contributed by atoms with Gasteiger partial charge in [0.1, 0.15) is 11.5 Å². The molecule has 14 nitrogen and oxygen atoms in total. The molecule has 0 saturated heterocycles. The maximum absolute atomic E-state index is 13.2. The summed E-state index contributed by atoms with van der Waals surface area (Å²) in [4.78, 5) is -0.0559. The first-order valence-electron chi connectivity index (χ1n) is 11.9. The molecule has 206 valence electrons. The Hall–Kier alpha value is -4.70. The van der Waals surface area contributed by atoms with Crippen LogP contribution >= 0.6 is 0 Å². The van der Waals surface area contributed by atoms with E-state index in [1.165, 1.54) is 48.5 Å². The number of ether oxygens (including phenoxy) is 2. The zero-order chi connectivity index (χ0) is 28.3. The minimum atomic E-state index is -4.12. The molecule has 2 heterocycles. The Morgan fingerprint density at radius 1 is 0.575 bits per heavy atom. The third-order valence-corrected chi connectivity index (χ3v) is 8.74. The highest BCUT2D eigenvalue weighted by Gasteiger charge is 2.26. The monoisotopic (exact) mass is 582 g/mol. The number of tetrazole rings is 2. The van der Waals surface area contributed by atoms with Gasteiger partial charge in [0.25, 0.3) is 20.0 Å². The molecule has 0 fully saturated rings. The molecule has 0 aliphatic rings. The van der Waals surface area contributed by atoms with Gasteiger partial charge in [0.2, 0.25) is 0 Å². The molecule has 0 spiro atoms. The zero-order valence-corrected chi connectivity index (χ0v) is 22.8. The summed E-state index contributed by atoms with van der Waals surface area (Å²) < 4.78 is 65.1. The van der Waals surface area contributed by atoms with Gasteiger partial charge in [-0.05, 0) is 83.2 Å². The van der Waals surface area contributed by atoms with Crippen molar-refractivity contribution in [3.05, 3.63) is 72.8 Å². The van der Waals surface area contributed by atoms with Gasteiger partial charge in [-0.15, -0.1) is 18.4 Å². The van der Waals surface area contributed by atoms with Gasteiger partial charge in [0.05, 0.1) is 23.0 Å². The minimum Gasteiger partial charge on any atom is -0.494 e. The average Bonchev–Trinajstić information content (AvgIpc) is 3.66. The van der Waals surface area contributed by atoms with Crippen LogP contribution in [0.3, 0.4) is 0 Å². The normalized spacial score (nSPS) is 11.8. The topological polar surface area (TPSA) is 174 Å². The van der Waals surface area contributed by atoms with E-state index >= 15 is 0 Å². The molecule has 3 aromatic carbocycles. The highest BCUT2D eigenvalue weighted by atomic mass is 32.2. The molecule has 16 heteroatoms. The number of hydrogen-bond acceptors (Lipinski definition) is 12. The summed E-state index contributed by atoms with van der Waals surface area (Å²) in [6, 6.07) is 17.9. The van der Waals surface area contributed by atoms with Crippen LogP contribution in [0.15, 0.2) is 82.6 Å². The largest absolute Gasteiger partial charge is 0.494 e. The molecule has 0 unspecified atom stereocenters. The van der Waals surface area contributed by atoms with E-state index < -0.39 is 20.0 Å². The maximum Gasteiger partial charge on any atom is 0.286 e. The van der Waals surface area contributed by atoms with Crippen LogP contribution in [0.2, 0.25) is 0 Å². The van der Waals surface area contributed by atoms with E-state index in [1.54, 1.807) is 24.3 Å². The van der Waals surface area contributed by atoms with Gasteiger partial charge in [0, 0.05) is 11.1 Å². The third-order valence-electron chi connectivity index (χ3n) is 5.61. The molecule has 0 bridgehead atoms. The first-order valence-corrected chi connectivity index (χ1v) is 14.8. The van der Waals surface area contributed by atoms with Crippen LogP contribution in [0.1, 0.15) is 13.8 Å². The number of benzene rings is 3. The van der Waals surface area contributed by atoms with Crippen molar-refractivity contribution in [2.24, 2.45) is 0 Å². The second-order valence-electron chi connectivity index (χ2n) is 8.09. The van der Waals surface area contributed by atoms with Crippen LogP contribution in [0.5, 0.6) is 11.5 Å². The van der Waals surface area contributed by atoms with Crippen molar-refractivity contribution in [3.63, 3.8) is 0 Å². The highest BCUT2D eigenvalue weighted by Crippen LogP contribution is 2.27. The molecule has 0 aliphatic carbocycles. The summed E-state index contributed by atoms with van der Waals surface area (Å²) in [5, 5.41) is 22.2. The summed E-state index contributed by atoms with van der Waals surface area (Å²) in [6.45, 7) is 4.53. The lowest BCUT2D eigenvalue weighted by Crippen LogP contribution is -2.16. The molecule has 2 aromatic heterocycles. The van der Waals surface area contributed by atoms with Crippen LogP contribution in [0.25, 0.3) is 22.8 Å². The molecule has 40 heavy (non-hydrogen) atoms. The number of rotatable bonds is 10. The van der Waals surface area contributed by atoms with Crippen molar-refractivity contribution in [2.75, 3.05) is 13.2 Å². The van der Waals surface area contributed by atoms with Crippen molar-refractivity contribution in [3.8, 4) is 34.3 Å². The van der Waals surface area contributed by atoms with E-state index in [1.807, 2.05) is 13.8 Å². The fraction of sp³-hybridized carbons (Fsp3) is 0.167. The molecular weight excluding hydrogens is 560 g/mol. The Morgan fingerprint density at radius 3 is 1.25 bits per heavy atom. The molecule has 0 amide bonds. The van der Waals surface area contributed by atoms with Crippen molar-refractivity contribution >= 4 is 20.0 Å². The third kappa shape index (κ3) is 5.01. The van der Waals surface area contributed by atoms with Crippen molar-refractivity contribution in [2.45, 2.75) is 23.6 Å². The fourth-order valence-corrected chi connectivity index (χ4v) is 6.09. The van der Waals surface area contributed by atoms with Gasteiger partial charge in [-0.2, -0.15) is 16.8 Å². The lowest BCUT2D eigenvalue weighted by Gasteiger charge is -2.09. The minimum absolute atomic E-state index is 0.0280. The molecule has 0 N–H and O–H groups in total. The Labute approximate surface area is 229 Å². The highest BCUT2D eigenvalue weighted by molar-refractivity contribution is 7.90. The molecular formula is C24H22N8O6S2. The van der Waals surface area contributed by atoms with Crippen LogP contribution in [0.4, 0.5) is 0 Å². The van der Waals surface area contributed by atoms with Crippen molar-refractivity contribution in [1.29, 1.82) is 0 Å². The summed E-state index contributed by atoms with van der Waals surface area (Å²) in [5.41, 5.74) is 0.716. The van der Waals surface area contributed by atoms with Gasteiger partial charge in [-0.3, -0.25) is 0 Å². The van der Waals surface area contributed by atoms with Crippen LogP contribution in [0, 0.1) is 0 Å². The van der Waals surface area contributed by atoms with E-state index in [0.717, 1.165) is 8.17 Å². The average molecular weight is 583 g/mol. The quantitative estimate of drug-likeness (QED) is 0.235. The molecule has 0 radical (unpaired) electrons. The van der Waals surface area contributed by atoms with E-state index in [9.17, 15) is 16.8 Å². The molecule has 5 rings (SSSR count). The Bertz CT molecular complexity index is 1700. The van der Waals surface area contributed by atoms with Crippen LogP contribution in [-0.4, -0.2) is 69.3 Å². The standard InChI is InChI=1S/C24H22N8O6S2/c1-3-37-19-9-13-21(14-10-19)39(33,34)31-23(25-27-29-31)17-5-7-18(8-6-17)24-26-28-30-32(24)40(35,36)22-15-11-20(12-16-22)38-4-2/h5-16H,3-4H2,1-2H3. The van der Waals surface area contributed by atoms with Crippen LogP contribution in [-0.2, 0) is 20.0 Å². The zero-order valence-electron chi connectivity index (χ0n) is 21.2.